The number of rotatable bonds is 0. The van der Waals surface area contributed by atoms with Gasteiger partial charge in [0.05, 0.1) is 5.69 Å². The first-order chi connectivity index (χ1) is 7.18. The molecule has 1 aliphatic carbocycles. The summed E-state index contributed by atoms with van der Waals surface area (Å²) in [4.78, 5) is 4.42. The van der Waals surface area contributed by atoms with E-state index in [2.05, 4.69) is 55.2 Å². The Kier molecular flexibility index (Phi) is 1.55. The third kappa shape index (κ3) is 1.13. The van der Waals surface area contributed by atoms with E-state index in [1.165, 1.54) is 16.3 Å². The Hall–Kier alpha value is -1.63. The lowest BCUT2D eigenvalue weighted by molar-refractivity contribution is 0.676. The molecule has 74 valence electrons. The highest BCUT2D eigenvalue weighted by atomic mass is 14.7. The standard InChI is InChI=1S/C14H13N/c1-14(2)8-6-12-13-10(7-9-15-12)4-3-5-11(13)14/h3-9H,1-2H3. The summed E-state index contributed by atoms with van der Waals surface area (Å²) >= 11 is 0. The summed E-state index contributed by atoms with van der Waals surface area (Å²) in [7, 11) is 0. The van der Waals surface area contributed by atoms with E-state index in [1.54, 1.807) is 0 Å². The second-order valence-electron chi connectivity index (χ2n) is 4.65. The Bertz CT molecular complexity index is 559. The van der Waals surface area contributed by atoms with Crippen LogP contribution in [0, 0.1) is 0 Å². The van der Waals surface area contributed by atoms with Crippen molar-refractivity contribution in [3.63, 3.8) is 0 Å². The first-order valence-electron chi connectivity index (χ1n) is 5.26. The fourth-order valence-electron chi connectivity index (χ4n) is 2.30. The van der Waals surface area contributed by atoms with E-state index in [9.17, 15) is 0 Å². The van der Waals surface area contributed by atoms with Gasteiger partial charge in [-0.1, -0.05) is 38.1 Å². The molecule has 1 aliphatic rings. The van der Waals surface area contributed by atoms with E-state index in [-0.39, 0.29) is 5.41 Å². The molecule has 0 unspecified atom stereocenters. The van der Waals surface area contributed by atoms with Crippen LogP contribution in [-0.4, -0.2) is 4.98 Å². The predicted molar refractivity (Wildman–Crippen MR) is 63.8 cm³/mol. The molecule has 0 fully saturated rings. The lowest BCUT2D eigenvalue weighted by atomic mass is 9.78. The minimum absolute atomic E-state index is 0.121. The highest BCUT2D eigenvalue weighted by Crippen LogP contribution is 2.37. The molecule has 2 aromatic rings. The van der Waals surface area contributed by atoms with Crippen LogP contribution in [-0.2, 0) is 5.41 Å². The van der Waals surface area contributed by atoms with Crippen LogP contribution in [0.25, 0.3) is 16.8 Å². The fourth-order valence-corrected chi connectivity index (χ4v) is 2.30. The second-order valence-corrected chi connectivity index (χ2v) is 4.65. The molecule has 15 heavy (non-hydrogen) atoms. The average molecular weight is 195 g/mol. The van der Waals surface area contributed by atoms with Crippen molar-refractivity contribution in [2.75, 3.05) is 0 Å². The van der Waals surface area contributed by atoms with Crippen LogP contribution in [0.15, 0.2) is 36.5 Å². The van der Waals surface area contributed by atoms with Crippen LogP contribution < -0.4 is 0 Å². The van der Waals surface area contributed by atoms with Gasteiger partial charge in [-0.25, -0.2) is 0 Å². The fraction of sp³-hybridized carbons (Fsp3) is 0.214. The third-order valence-corrected chi connectivity index (χ3v) is 3.17. The van der Waals surface area contributed by atoms with E-state index in [1.807, 2.05) is 6.20 Å². The summed E-state index contributed by atoms with van der Waals surface area (Å²) in [5.74, 6) is 0. The van der Waals surface area contributed by atoms with Gasteiger partial charge in [-0.2, -0.15) is 0 Å². The molecule has 1 aromatic heterocycles. The molecule has 3 rings (SSSR count). The average Bonchev–Trinajstić information content (AvgIpc) is 2.24. The molecule has 0 saturated carbocycles. The summed E-state index contributed by atoms with van der Waals surface area (Å²) in [5.41, 5.74) is 2.60. The minimum Gasteiger partial charge on any atom is -0.256 e. The van der Waals surface area contributed by atoms with Gasteiger partial charge in [-0.3, -0.25) is 4.98 Å². The van der Waals surface area contributed by atoms with Gasteiger partial charge in [0.15, 0.2) is 0 Å². The van der Waals surface area contributed by atoms with Crippen molar-refractivity contribution in [1.29, 1.82) is 0 Å². The molecule has 0 amide bonds. The van der Waals surface area contributed by atoms with Crippen LogP contribution in [0.3, 0.4) is 0 Å². The molecular weight excluding hydrogens is 182 g/mol. The van der Waals surface area contributed by atoms with Crippen LogP contribution in [0.2, 0.25) is 0 Å². The molecule has 0 aliphatic heterocycles. The molecular formula is C14H13N. The molecule has 1 aromatic carbocycles. The molecule has 1 heteroatoms. The number of nitrogens with zero attached hydrogens (tertiary/aromatic N) is 1. The normalized spacial score (nSPS) is 16.9. The first kappa shape index (κ1) is 8.66. The van der Waals surface area contributed by atoms with Gasteiger partial charge < -0.3 is 0 Å². The zero-order chi connectivity index (χ0) is 10.5. The lowest BCUT2D eigenvalue weighted by Gasteiger charge is -2.26. The highest BCUT2D eigenvalue weighted by Gasteiger charge is 2.24. The summed E-state index contributed by atoms with van der Waals surface area (Å²) < 4.78 is 0. The summed E-state index contributed by atoms with van der Waals surface area (Å²) in [6, 6.07) is 8.57. The minimum atomic E-state index is 0.121. The van der Waals surface area contributed by atoms with Gasteiger partial charge in [0.2, 0.25) is 0 Å². The van der Waals surface area contributed by atoms with Crippen molar-refractivity contribution in [2.45, 2.75) is 19.3 Å². The SMILES string of the molecule is CC1(C)C=Cc2nccc3cccc1c23. The first-order valence-corrected chi connectivity index (χ1v) is 5.26. The Morgan fingerprint density at radius 2 is 2.00 bits per heavy atom. The van der Waals surface area contributed by atoms with Crippen molar-refractivity contribution >= 4 is 16.8 Å². The Morgan fingerprint density at radius 1 is 1.13 bits per heavy atom. The van der Waals surface area contributed by atoms with Gasteiger partial charge in [-0.15, -0.1) is 0 Å². The van der Waals surface area contributed by atoms with Crippen LogP contribution in [0.4, 0.5) is 0 Å². The van der Waals surface area contributed by atoms with Gasteiger partial charge in [0.1, 0.15) is 0 Å². The maximum atomic E-state index is 4.42. The Labute approximate surface area is 89.5 Å². The highest BCUT2D eigenvalue weighted by molar-refractivity contribution is 5.94. The summed E-state index contributed by atoms with van der Waals surface area (Å²) in [5, 5.41) is 2.60. The van der Waals surface area contributed by atoms with Crippen molar-refractivity contribution in [2.24, 2.45) is 0 Å². The van der Waals surface area contributed by atoms with Gasteiger partial charge in [0.25, 0.3) is 0 Å². The largest absolute Gasteiger partial charge is 0.256 e. The molecule has 1 nitrogen and oxygen atoms in total. The summed E-state index contributed by atoms with van der Waals surface area (Å²) in [6.07, 6.45) is 6.25. The second kappa shape index (κ2) is 2.69. The molecule has 0 bridgehead atoms. The Balaban J connectivity index is 2.52. The number of aromatic nitrogens is 1. The van der Waals surface area contributed by atoms with Gasteiger partial charge >= 0.3 is 0 Å². The van der Waals surface area contributed by atoms with Crippen molar-refractivity contribution in [3.8, 4) is 0 Å². The maximum absolute atomic E-state index is 4.42. The van der Waals surface area contributed by atoms with Crippen LogP contribution >= 0.6 is 0 Å². The molecule has 0 atom stereocenters. The lowest BCUT2D eigenvalue weighted by Crippen LogP contribution is -2.17. The van der Waals surface area contributed by atoms with E-state index < -0.39 is 0 Å². The number of allylic oxidation sites excluding steroid dienone is 1. The van der Waals surface area contributed by atoms with Crippen molar-refractivity contribution in [1.82, 2.24) is 4.98 Å². The quantitative estimate of drug-likeness (QED) is 0.626. The number of hydrogen-bond acceptors (Lipinski definition) is 1. The molecule has 0 saturated heterocycles. The van der Waals surface area contributed by atoms with E-state index in [0.29, 0.717) is 0 Å². The summed E-state index contributed by atoms with van der Waals surface area (Å²) in [6.45, 7) is 4.49. The maximum Gasteiger partial charge on any atom is 0.0708 e. The van der Waals surface area contributed by atoms with Crippen LogP contribution in [0.1, 0.15) is 25.1 Å². The third-order valence-electron chi connectivity index (χ3n) is 3.17. The number of benzene rings is 1. The molecule has 1 heterocycles. The number of hydrogen-bond donors (Lipinski definition) is 0. The van der Waals surface area contributed by atoms with Crippen molar-refractivity contribution < 1.29 is 0 Å². The number of pyridine rings is 1. The topological polar surface area (TPSA) is 12.9 Å². The monoisotopic (exact) mass is 195 g/mol. The van der Waals surface area contributed by atoms with Gasteiger partial charge in [-0.05, 0) is 23.1 Å². The predicted octanol–water partition coefficient (Wildman–Crippen LogP) is 3.54. The molecule has 0 N–H and O–H groups in total. The van der Waals surface area contributed by atoms with E-state index in [0.717, 1.165) is 5.69 Å². The Morgan fingerprint density at radius 3 is 2.87 bits per heavy atom. The van der Waals surface area contributed by atoms with Crippen molar-refractivity contribution in [3.05, 3.63) is 47.8 Å². The zero-order valence-corrected chi connectivity index (χ0v) is 8.99. The van der Waals surface area contributed by atoms with E-state index in [4.69, 9.17) is 0 Å². The van der Waals surface area contributed by atoms with E-state index >= 15 is 0 Å². The zero-order valence-electron chi connectivity index (χ0n) is 8.99. The van der Waals surface area contributed by atoms with Crippen LogP contribution in [0.5, 0.6) is 0 Å². The molecule has 0 spiro atoms. The smallest absolute Gasteiger partial charge is 0.0708 e. The van der Waals surface area contributed by atoms with Gasteiger partial charge in [0, 0.05) is 17.0 Å². The molecule has 0 radical (unpaired) electrons.